The second-order valence-corrected chi connectivity index (χ2v) is 12.8. The summed E-state index contributed by atoms with van der Waals surface area (Å²) < 4.78 is 25.3. The first-order valence-corrected chi connectivity index (χ1v) is 15.3. The summed E-state index contributed by atoms with van der Waals surface area (Å²) in [6.45, 7) is 5.15. The molecule has 0 aliphatic carbocycles. The van der Waals surface area contributed by atoms with Gasteiger partial charge in [-0.3, -0.25) is 4.79 Å². The fourth-order valence-electron chi connectivity index (χ4n) is 5.89. The number of nitrogens with zero attached hydrogens (tertiary/aromatic N) is 5. The van der Waals surface area contributed by atoms with Gasteiger partial charge in [0, 0.05) is 44.2 Å². The second kappa shape index (κ2) is 11.1. The molecule has 0 N–H and O–H groups in total. The van der Waals surface area contributed by atoms with Crippen molar-refractivity contribution < 1.29 is 13.2 Å². The highest BCUT2D eigenvalue weighted by atomic mass is 32.2. The highest BCUT2D eigenvalue weighted by Gasteiger charge is 2.33. The Hall–Kier alpha value is -2.88. The van der Waals surface area contributed by atoms with E-state index in [1.165, 1.54) is 27.7 Å². The zero-order valence-corrected chi connectivity index (χ0v) is 23.3. The van der Waals surface area contributed by atoms with Gasteiger partial charge in [0.25, 0.3) is 5.91 Å². The van der Waals surface area contributed by atoms with Gasteiger partial charge in [-0.15, -0.1) is 0 Å². The number of carbonyl (C=O) groups is 1. The molecule has 2 fully saturated rings. The number of hydrogen-bond acceptors (Lipinski definition) is 6. The van der Waals surface area contributed by atoms with Crippen LogP contribution in [0.5, 0.6) is 0 Å². The quantitative estimate of drug-likeness (QED) is 0.480. The maximum atomic E-state index is 13.5. The first kappa shape index (κ1) is 26.7. The molecule has 0 saturated carbocycles. The van der Waals surface area contributed by atoms with Crippen molar-refractivity contribution in [2.75, 3.05) is 39.5 Å². The first-order chi connectivity index (χ1) is 18.2. The molecule has 0 atom stereocenters. The van der Waals surface area contributed by atoms with Gasteiger partial charge in [-0.2, -0.15) is 0 Å². The fourth-order valence-corrected chi connectivity index (χ4v) is 6.64. The number of piperidine rings is 2. The number of fused-ring (bicyclic) bond motifs is 1. The maximum Gasteiger partial charge on any atom is 0.272 e. The molecule has 1 amide bonds. The zero-order valence-electron chi connectivity index (χ0n) is 22.5. The van der Waals surface area contributed by atoms with E-state index in [0.29, 0.717) is 31.2 Å². The molecule has 3 aromatic rings. The molecule has 38 heavy (non-hydrogen) atoms. The minimum Gasteiger partial charge on any atom is -0.337 e. The van der Waals surface area contributed by atoms with Crippen molar-refractivity contribution in [1.82, 2.24) is 24.1 Å². The molecule has 0 spiro atoms. The van der Waals surface area contributed by atoms with Crippen LogP contribution in [0.3, 0.4) is 0 Å². The standard InChI is InChI=1S/C29H37N5O3S/c1-21-27(19-22-8-9-23-6-4-5-7-24(23)18-22)30-20-31-28(21)29(35)34-16-12-26(13-17-34)33-14-10-25(11-15-33)32(2)38(3,36)37/h4-9,18,20,25-26H,10-17,19H2,1-3H3. The van der Waals surface area contributed by atoms with Gasteiger partial charge in [0.1, 0.15) is 12.0 Å². The van der Waals surface area contributed by atoms with Gasteiger partial charge in [-0.1, -0.05) is 42.5 Å². The third kappa shape index (κ3) is 5.75. The van der Waals surface area contributed by atoms with E-state index >= 15 is 0 Å². The third-order valence-corrected chi connectivity index (χ3v) is 9.73. The van der Waals surface area contributed by atoms with Crippen LogP contribution in [0, 0.1) is 6.92 Å². The van der Waals surface area contributed by atoms with Crippen molar-refractivity contribution in [2.24, 2.45) is 0 Å². The van der Waals surface area contributed by atoms with Gasteiger partial charge in [-0.05, 0) is 62.0 Å². The normalized spacial score (nSPS) is 18.4. The lowest BCUT2D eigenvalue weighted by atomic mass is 9.97. The summed E-state index contributed by atoms with van der Waals surface area (Å²) in [6.07, 6.45) is 7.00. The Balaban J connectivity index is 1.19. The summed E-state index contributed by atoms with van der Waals surface area (Å²) in [5, 5.41) is 2.41. The molecule has 0 bridgehead atoms. The van der Waals surface area contributed by atoms with Gasteiger partial charge in [0.15, 0.2) is 0 Å². The van der Waals surface area contributed by atoms with Crippen LogP contribution in [-0.4, -0.2) is 90.0 Å². The smallest absolute Gasteiger partial charge is 0.272 e. The van der Waals surface area contributed by atoms with E-state index in [1.807, 2.05) is 24.0 Å². The van der Waals surface area contributed by atoms with E-state index in [0.717, 1.165) is 55.6 Å². The van der Waals surface area contributed by atoms with Crippen LogP contribution in [0.1, 0.15) is 53.0 Å². The molecule has 202 valence electrons. The second-order valence-electron chi connectivity index (χ2n) is 10.7. The molecule has 2 saturated heterocycles. The molecule has 2 aliphatic rings. The van der Waals surface area contributed by atoms with E-state index in [9.17, 15) is 13.2 Å². The number of sulfonamides is 1. The number of amides is 1. The number of rotatable bonds is 6. The van der Waals surface area contributed by atoms with Gasteiger partial charge in [-0.25, -0.2) is 22.7 Å². The largest absolute Gasteiger partial charge is 0.337 e. The van der Waals surface area contributed by atoms with Crippen molar-refractivity contribution in [1.29, 1.82) is 0 Å². The van der Waals surface area contributed by atoms with Crippen molar-refractivity contribution in [3.05, 3.63) is 71.3 Å². The molecule has 5 rings (SSSR count). The Bertz CT molecular complexity index is 1410. The molecular weight excluding hydrogens is 498 g/mol. The lowest BCUT2D eigenvalue weighted by Gasteiger charge is -2.43. The van der Waals surface area contributed by atoms with Crippen LogP contribution in [0.25, 0.3) is 10.8 Å². The average Bonchev–Trinajstić information content (AvgIpc) is 2.93. The van der Waals surface area contributed by atoms with E-state index < -0.39 is 10.0 Å². The van der Waals surface area contributed by atoms with Crippen molar-refractivity contribution in [2.45, 2.75) is 51.1 Å². The Morgan fingerprint density at radius 2 is 1.66 bits per heavy atom. The summed E-state index contributed by atoms with van der Waals surface area (Å²) in [6, 6.07) is 15.2. The maximum absolute atomic E-state index is 13.5. The van der Waals surface area contributed by atoms with Gasteiger partial charge in [0.05, 0.1) is 11.9 Å². The van der Waals surface area contributed by atoms with Crippen LogP contribution < -0.4 is 0 Å². The Labute approximate surface area is 225 Å². The predicted molar refractivity (Wildman–Crippen MR) is 150 cm³/mol. The lowest BCUT2D eigenvalue weighted by Crippen LogP contribution is -2.52. The van der Waals surface area contributed by atoms with Crippen LogP contribution in [0.2, 0.25) is 0 Å². The van der Waals surface area contributed by atoms with Crippen LogP contribution in [-0.2, 0) is 16.4 Å². The topological polar surface area (TPSA) is 86.7 Å². The first-order valence-electron chi connectivity index (χ1n) is 13.4. The van der Waals surface area contributed by atoms with Gasteiger partial charge < -0.3 is 9.80 Å². The van der Waals surface area contributed by atoms with Crippen LogP contribution >= 0.6 is 0 Å². The predicted octanol–water partition coefficient (Wildman–Crippen LogP) is 3.49. The molecule has 8 nitrogen and oxygen atoms in total. The summed E-state index contributed by atoms with van der Waals surface area (Å²) >= 11 is 0. The Morgan fingerprint density at radius 1 is 0.974 bits per heavy atom. The molecule has 9 heteroatoms. The van der Waals surface area contributed by atoms with E-state index in [1.54, 1.807) is 7.05 Å². The minimum atomic E-state index is -3.16. The van der Waals surface area contributed by atoms with Crippen molar-refractivity contribution in [3.8, 4) is 0 Å². The molecule has 0 radical (unpaired) electrons. The number of aromatic nitrogens is 2. The minimum absolute atomic E-state index is 0.0170. The van der Waals surface area contributed by atoms with Crippen molar-refractivity contribution >= 4 is 26.7 Å². The van der Waals surface area contributed by atoms with Crippen LogP contribution in [0.15, 0.2) is 48.8 Å². The Morgan fingerprint density at radius 3 is 2.34 bits per heavy atom. The highest BCUT2D eigenvalue weighted by molar-refractivity contribution is 7.88. The van der Waals surface area contributed by atoms with Gasteiger partial charge >= 0.3 is 0 Å². The molecular formula is C29H37N5O3S. The van der Waals surface area contributed by atoms with Crippen molar-refractivity contribution in [3.63, 3.8) is 0 Å². The molecule has 1 aromatic heterocycles. The lowest BCUT2D eigenvalue weighted by molar-refractivity contribution is 0.0542. The fraction of sp³-hybridized carbons (Fsp3) is 0.483. The third-order valence-electron chi connectivity index (χ3n) is 8.38. The van der Waals surface area contributed by atoms with Crippen LogP contribution in [0.4, 0.5) is 0 Å². The average molecular weight is 536 g/mol. The highest BCUT2D eigenvalue weighted by Crippen LogP contribution is 2.25. The van der Waals surface area contributed by atoms with Gasteiger partial charge in [0.2, 0.25) is 10.0 Å². The monoisotopic (exact) mass is 535 g/mol. The number of likely N-dealkylation sites (tertiary alicyclic amines) is 2. The van der Waals surface area contributed by atoms with E-state index in [4.69, 9.17) is 0 Å². The molecule has 3 heterocycles. The summed E-state index contributed by atoms with van der Waals surface area (Å²) in [5.41, 5.74) is 3.40. The zero-order chi connectivity index (χ0) is 26.9. The molecule has 2 aromatic carbocycles. The number of benzene rings is 2. The molecule has 0 unspecified atom stereocenters. The van der Waals surface area contributed by atoms with E-state index in [2.05, 4.69) is 45.2 Å². The Kier molecular flexibility index (Phi) is 7.79. The van der Waals surface area contributed by atoms with E-state index in [-0.39, 0.29) is 11.9 Å². The SMILES string of the molecule is Cc1c(Cc2ccc3ccccc3c2)ncnc1C(=O)N1CCC(N2CCC(N(C)S(C)(=O)=O)CC2)CC1. The summed E-state index contributed by atoms with van der Waals surface area (Å²) in [7, 11) is -1.48. The number of hydrogen-bond donors (Lipinski definition) is 0. The number of carbonyl (C=O) groups excluding carboxylic acids is 1. The molecule has 2 aliphatic heterocycles. The summed E-state index contributed by atoms with van der Waals surface area (Å²) in [4.78, 5) is 26.8. The summed E-state index contributed by atoms with van der Waals surface area (Å²) in [5.74, 6) is -0.0170.